The SMILES string of the molecule is CCC(CO)(CCOC)CN1C(=O)c2ccc3c4ccc5c6c(ccc(c7ccc(c2c37)C1=O)c64)C(=O)N(CC(CC)(CO)CCOC)C5=O. The van der Waals surface area contributed by atoms with Gasteiger partial charge in [-0.05, 0) is 82.3 Å². The lowest BCUT2D eigenvalue weighted by molar-refractivity contribution is 0.0280. The molecule has 2 atom stereocenters. The van der Waals surface area contributed by atoms with Crippen LogP contribution >= 0.6 is 0 Å². The van der Waals surface area contributed by atoms with E-state index in [4.69, 9.17) is 9.47 Å². The lowest BCUT2D eigenvalue weighted by Gasteiger charge is -2.38. The van der Waals surface area contributed by atoms with Crippen molar-refractivity contribution in [2.24, 2.45) is 10.8 Å². The molecule has 260 valence electrons. The van der Waals surface area contributed by atoms with Gasteiger partial charge in [-0.1, -0.05) is 38.1 Å². The molecule has 7 rings (SSSR count). The second kappa shape index (κ2) is 12.7. The zero-order valence-corrected chi connectivity index (χ0v) is 28.9. The Morgan fingerprint density at radius 1 is 0.520 bits per heavy atom. The number of amides is 4. The van der Waals surface area contributed by atoms with Crippen molar-refractivity contribution in [1.29, 1.82) is 0 Å². The van der Waals surface area contributed by atoms with Gasteiger partial charge >= 0.3 is 0 Å². The maximum absolute atomic E-state index is 14.1. The molecular formula is C40H42N2O8. The van der Waals surface area contributed by atoms with Crippen molar-refractivity contribution in [2.75, 3.05) is 53.7 Å². The van der Waals surface area contributed by atoms with Gasteiger partial charge in [0.15, 0.2) is 0 Å². The average Bonchev–Trinajstić information content (AvgIpc) is 3.15. The number of aliphatic hydroxyl groups excluding tert-OH is 2. The lowest BCUT2D eigenvalue weighted by atomic mass is 9.79. The largest absolute Gasteiger partial charge is 0.396 e. The zero-order valence-electron chi connectivity index (χ0n) is 28.9. The molecule has 10 nitrogen and oxygen atoms in total. The standard InChI is InChI=1S/C40H42N2O8/c1-5-39(21-43,15-17-49-3)19-41-35(45)27-11-7-23-25-9-13-29-34-30(38(48)42(37(29)47)20-40(6-2,22-44)16-18-50-4)14-10-26(32(25)34)24-8-12-28(36(41)46)33(27)31(23)24/h7-14,43-44H,5-6,15-22H2,1-4H3. The Morgan fingerprint density at radius 3 is 1.06 bits per heavy atom. The highest BCUT2D eigenvalue weighted by Gasteiger charge is 2.42. The molecule has 2 aliphatic rings. The third kappa shape index (κ3) is 4.84. The van der Waals surface area contributed by atoms with Crippen LogP contribution in [0.1, 0.15) is 81.0 Å². The van der Waals surface area contributed by atoms with Gasteiger partial charge in [-0.2, -0.15) is 0 Å². The minimum absolute atomic E-state index is 0.0717. The molecule has 2 unspecified atom stereocenters. The first-order valence-electron chi connectivity index (χ1n) is 17.3. The Kier molecular flexibility index (Phi) is 8.63. The molecule has 4 amide bonds. The summed E-state index contributed by atoms with van der Waals surface area (Å²) < 4.78 is 10.6. The van der Waals surface area contributed by atoms with Crippen LogP contribution < -0.4 is 0 Å². The first kappa shape index (κ1) is 34.0. The van der Waals surface area contributed by atoms with Gasteiger partial charge in [0, 0.05) is 84.4 Å². The fraction of sp³-hybridized carbons (Fsp3) is 0.400. The van der Waals surface area contributed by atoms with Crippen LogP contribution in [0.25, 0.3) is 43.1 Å². The van der Waals surface area contributed by atoms with E-state index in [0.717, 1.165) is 32.3 Å². The maximum Gasteiger partial charge on any atom is 0.261 e. The quantitative estimate of drug-likeness (QED) is 0.0858. The van der Waals surface area contributed by atoms with E-state index >= 15 is 0 Å². The van der Waals surface area contributed by atoms with E-state index in [1.165, 1.54) is 9.80 Å². The summed E-state index contributed by atoms with van der Waals surface area (Å²) in [6.07, 6.45) is 2.12. The number of aliphatic hydroxyl groups is 2. The Balaban J connectivity index is 1.38. The summed E-state index contributed by atoms with van der Waals surface area (Å²) in [5.41, 5.74) is 0.290. The van der Waals surface area contributed by atoms with Gasteiger partial charge in [0.2, 0.25) is 0 Å². The number of fused-ring (bicyclic) bond motifs is 2. The van der Waals surface area contributed by atoms with Crippen LogP contribution in [0.4, 0.5) is 0 Å². The highest BCUT2D eigenvalue weighted by molar-refractivity contribution is 6.41. The maximum atomic E-state index is 14.1. The fourth-order valence-electron chi connectivity index (χ4n) is 8.18. The first-order chi connectivity index (χ1) is 24.1. The molecule has 2 heterocycles. The number of rotatable bonds is 14. The Bertz CT molecular complexity index is 1920. The molecule has 0 aromatic heterocycles. The molecule has 0 fully saturated rings. The molecule has 2 N–H and O–H groups in total. The van der Waals surface area contributed by atoms with Crippen LogP contribution in [0.15, 0.2) is 48.5 Å². The summed E-state index contributed by atoms with van der Waals surface area (Å²) in [7, 11) is 3.17. The van der Waals surface area contributed by atoms with E-state index in [1.807, 2.05) is 38.1 Å². The van der Waals surface area contributed by atoms with Gasteiger partial charge in [0.25, 0.3) is 23.6 Å². The first-order valence-corrected chi connectivity index (χ1v) is 17.3. The van der Waals surface area contributed by atoms with E-state index in [-0.39, 0.29) is 26.3 Å². The van der Waals surface area contributed by atoms with Crippen molar-refractivity contribution >= 4 is 66.7 Å². The van der Waals surface area contributed by atoms with Crippen molar-refractivity contribution in [2.45, 2.75) is 39.5 Å². The molecule has 0 bridgehead atoms. The summed E-state index contributed by atoms with van der Waals surface area (Å²) in [4.78, 5) is 58.9. The van der Waals surface area contributed by atoms with Crippen LogP contribution in [0.2, 0.25) is 0 Å². The molecule has 0 saturated heterocycles. The molecule has 10 heteroatoms. The van der Waals surface area contributed by atoms with Crippen molar-refractivity contribution in [3.63, 3.8) is 0 Å². The molecule has 2 aliphatic heterocycles. The zero-order chi connectivity index (χ0) is 35.5. The van der Waals surface area contributed by atoms with E-state index < -0.39 is 34.5 Å². The average molecular weight is 679 g/mol. The van der Waals surface area contributed by atoms with E-state index in [0.29, 0.717) is 71.9 Å². The van der Waals surface area contributed by atoms with Crippen LogP contribution in [0, 0.1) is 10.8 Å². The minimum atomic E-state index is -0.692. The summed E-state index contributed by atoms with van der Waals surface area (Å²) in [5.74, 6) is -1.62. The molecule has 5 aromatic rings. The summed E-state index contributed by atoms with van der Waals surface area (Å²) >= 11 is 0. The highest BCUT2D eigenvalue weighted by atomic mass is 16.5. The van der Waals surface area contributed by atoms with Crippen molar-refractivity contribution < 1.29 is 38.9 Å². The van der Waals surface area contributed by atoms with Crippen molar-refractivity contribution in [3.05, 3.63) is 70.8 Å². The topological polar surface area (TPSA) is 134 Å². The predicted octanol–water partition coefficient (Wildman–Crippen LogP) is 5.78. The van der Waals surface area contributed by atoms with Crippen LogP contribution in [-0.4, -0.2) is 97.4 Å². The van der Waals surface area contributed by atoms with Gasteiger partial charge in [-0.25, -0.2) is 0 Å². The van der Waals surface area contributed by atoms with E-state index in [2.05, 4.69) is 0 Å². The number of benzene rings is 5. The number of carbonyl (C=O) groups is 4. The van der Waals surface area contributed by atoms with Gasteiger partial charge in [-0.3, -0.25) is 29.0 Å². The number of methoxy groups -OCH3 is 2. The number of carbonyl (C=O) groups excluding carboxylic acids is 4. The number of hydrogen-bond donors (Lipinski definition) is 2. The number of nitrogens with zero attached hydrogens (tertiary/aromatic N) is 2. The van der Waals surface area contributed by atoms with Crippen LogP contribution in [0.5, 0.6) is 0 Å². The third-order valence-electron chi connectivity index (χ3n) is 11.6. The molecule has 0 saturated carbocycles. The second-order valence-corrected chi connectivity index (χ2v) is 14.0. The number of hydrogen-bond acceptors (Lipinski definition) is 8. The predicted molar refractivity (Wildman–Crippen MR) is 191 cm³/mol. The van der Waals surface area contributed by atoms with Gasteiger partial charge in [0.1, 0.15) is 0 Å². The Hall–Kier alpha value is -4.48. The van der Waals surface area contributed by atoms with Crippen LogP contribution in [0.3, 0.4) is 0 Å². The van der Waals surface area contributed by atoms with E-state index in [1.54, 1.807) is 38.5 Å². The lowest BCUT2D eigenvalue weighted by Crippen LogP contribution is -2.48. The highest BCUT2D eigenvalue weighted by Crippen LogP contribution is 2.47. The molecule has 5 aromatic carbocycles. The Labute approximate surface area is 289 Å². The number of imide groups is 2. The third-order valence-corrected chi connectivity index (χ3v) is 11.6. The Morgan fingerprint density at radius 2 is 0.820 bits per heavy atom. The van der Waals surface area contributed by atoms with Gasteiger partial charge < -0.3 is 19.7 Å². The minimum Gasteiger partial charge on any atom is -0.396 e. The molecule has 0 spiro atoms. The monoisotopic (exact) mass is 678 g/mol. The van der Waals surface area contributed by atoms with Gasteiger partial charge in [0.05, 0.1) is 13.2 Å². The summed E-state index contributed by atoms with van der Waals surface area (Å²) in [6, 6.07) is 14.6. The van der Waals surface area contributed by atoms with Crippen LogP contribution in [-0.2, 0) is 9.47 Å². The second-order valence-electron chi connectivity index (χ2n) is 14.0. The van der Waals surface area contributed by atoms with Crippen molar-refractivity contribution in [3.8, 4) is 0 Å². The molecule has 0 radical (unpaired) electrons. The molecule has 50 heavy (non-hydrogen) atoms. The van der Waals surface area contributed by atoms with E-state index in [9.17, 15) is 29.4 Å². The summed E-state index contributed by atoms with van der Waals surface area (Å²) in [5, 5.41) is 26.8. The number of ether oxygens (including phenoxy) is 2. The summed E-state index contributed by atoms with van der Waals surface area (Å²) in [6.45, 7) is 4.43. The van der Waals surface area contributed by atoms with Gasteiger partial charge in [-0.15, -0.1) is 0 Å². The molecular weight excluding hydrogens is 636 g/mol. The smallest absolute Gasteiger partial charge is 0.261 e. The molecule has 0 aliphatic carbocycles. The fourth-order valence-corrected chi connectivity index (χ4v) is 8.18. The normalized spacial score (nSPS) is 17.2. The van der Waals surface area contributed by atoms with Crippen molar-refractivity contribution in [1.82, 2.24) is 9.80 Å².